The number of hydrogen-bond acceptors (Lipinski definition) is 3. The van der Waals surface area contributed by atoms with Gasteiger partial charge in [-0.1, -0.05) is 11.6 Å². The van der Waals surface area contributed by atoms with E-state index in [4.69, 9.17) is 4.74 Å². The van der Waals surface area contributed by atoms with Crippen LogP contribution in [0.1, 0.15) is 64.2 Å². The topological polar surface area (TPSA) is 67.4 Å². The molecule has 0 aliphatic heterocycles. The second-order valence-electron chi connectivity index (χ2n) is 7.34. The standard InChI is InChI=1S/C20H34N2O3/c1-25-15-5-13-21-19(23)17-8-10-18(11-9-17)20(24)22-14-12-16-6-3-2-4-7-16/h6,17-18H,2-5,7-15H2,1H3,(H,21,23)(H,22,24). The summed E-state index contributed by atoms with van der Waals surface area (Å²) in [4.78, 5) is 24.4. The molecule has 0 saturated heterocycles. The van der Waals surface area contributed by atoms with Crippen LogP contribution in [0.15, 0.2) is 11.6 Å². The van der Waals surface area contributed by atoms with Gasteiger partial charge < -0.3 is 15.4 Å². The largest absolute Gasteiger partial charge is 0.385 e. The second kappa shape index (κ2) is 11.3. The smallest absolute Gasteiger partial charge is 0.223 e. The minimum Gasteiger partial charge on any atom is -0.385 e. The molecule has 0 spiro atoms. The van der Waals surface area contributed by atoms with E-state index >= 15 is 0 Å². The van der Waals surface area contributed by atoms with Crippen molar-refractivity contribution in [3.8, 4) is 0 Å². The minimum absolute atomic E-state index is 0.0685. The van der Waals surface area contributed by atoms with Crippen molar-refractivity contribution in [2.45, 2.75) is 64.2 Å². The molecule has 1 saturated carbocycles. The first kappa shape index (κ1) is 20.0. The van der Waals surface area contributed by atoms with E-state index in [0.717, 1.165) is 45.1 Å². The van der Waals surface area contributed by atoms with Crippen LogP contribution in [0.5, 0.6) is 0 Å². The minimum atomic E-state index is 0.0685. The monoisotopic (exact) mass is 350 g/mol. The lowest BCUT2D eigenvalue weighted by atomic mass is 9.81. The fraction of sp³-hybridized carbons (Fsp3) is 0.800. The average Bonchev–Trinajstić information content (AvgIpc) is 2.66. The van der Waals surface area contributed by atoms with Gasteiger partial charge in [-0.05, 0) is 64.2 Å². The molecule has 2 aliphatic carbocycles. The number of nitrogens with one attached hydrogen (secondary N) is 2. The Morgan fingerprint density at radius 1 is 1.04 bits per heavy atom. The highest BCUT2D eigenvalue weighted by Crippen LogP contribution is 2.29. The summed E-state index contributed by atoms with van der Waals surface area (Å²) in [5, 5.41) is 6.07. The van der Waals surface area contributed by atoms with Gasteiger partial charge in [0.15, 0.2) is 0 Å². The van der Waals surface area contributed by atoms with Crippen molar-refractivity contribution in [1.29, 1.82) is 0 Å². The maximum Gasteiger partial charge on any atom is 0.223 e. The number of methoxy groups -OCH3 is 1. The second-order valence-corrected chi connectivity index (χ2v) is 7.34. The van der Waals surface area contributed by atoms with Crippen LogP contribution >= 0.6 is 0 Å². The zero-order chi connectivity index (χ0) is 17.9. The van der Waals surface area contributed by atoms with Crippen LogP contribution < -0.4 is 10.6 Å². The molecule has 0 aromatic carbocycles. The lowest BCUT2D eigenvalue weighted by Crippen LogP contribution is -2.38. The zero-order valence-corrected chi connectivity index (χ0v) is 15.6. The summed E-state index contributed by atoms with van der Waals surface area (Å²) in [6, 6.07) is 0. The van der Waals surface area contributed by atoms with E-state index in [1.54, 1.807) is 7.11 Å². The van der Waals surface area contributed by atoms with Gasteiger partial charge >= 0.3 is 0 Å². The molecule has 2 amide bonds. The molecule has 0 aromatic heterocycles. The first-order chi connectivity index (χ1) is 12.2. The Hall–Kier alpha value is -1.36. The Balaban J connectivity index is 1.59. The van der Waals surface area contributed by atoms with Gasteiger partial charge in [-0.25, -0.2) is 0 Å². The Morgan fingerprint density at radius 3 is 2.24 bits per heavy atom. The number of ether oxygens (including phenoxy) is 1. The first-order valence-corrected chi connectivity index (χ1v) is 9.93. The Morgan fingerprint density at radius 2 is 1.68 bits per heavy atom. The number of carbonyl (C=O) groups is 2. The van der Waals surface area contributed by atoms with Crippen LogP contribution in [0.4, 0.5) is 0 Å². The summed E-state index contributed by atoms with van der Waals surface area (Å²) in [7, 11) is 1.67. The summed E-state index contributed by atoms with van der Waals surface area (Å²) in [5.41, 5.74) is 1.50. The van der Waals surface area contributed by atoms with E-state index in [9.17, 15) is 9.59 Å². The van der Waals surface area contributed by atoms with Crippen LogP contribution in [-0.2, 0) is 14.3 Å². The molecule has 2 aliphatic rings. The first-order valence-electron chi connectivity index (χ1n) is 9.93. The van der Waals surface area contributed by atoms with Crippen LogP contribution in [-0.4, -0.2) is 38.6 Å². The highest BCUT2D eigenvalue weighted by molar-refractivity contribution is 5.81. The molecule has 0 radical (unpaired) electrons. The molecule has 0 atom stereocenters. The highest BCUT2D eigenvalue weighted by Gasteiger charge is 2.29. The van der Waals surface area contributed by atoms with Gasteiger partial charge in [-0.15, -0.1) is 0 Å². The maximum atomic E-state index is 12.3. The molecule has 0 bridgehead atoms. The number of allylic oxidation sites excluding steroid dienone is 1. The fourth-order valence-electron chi connectivity index (χ4n) is 3.81. The molecule has 2 N–H and O–H groups in total. The van der Waals surface area contributed by atoms with Crippen molar-refractivity contribution >= 4 is 11.8 Å². The van der Waals surface area contributed by atoms with Gasteiger partial charge in [0.2, 0.25) is 11.8 Å². The van der Waals surface area contributed by atoms with E-state index in [0.29, 0.717) is 13.2 Å². The van der Waals surface area contributed by atoms with E-state index in [1.165, 1.54) is 31.3 Å². The lowest BCUT2D eigenvalue weighted by Gasteiger charge is -2.27. The predicted molar refractivity (Wildman–Crippen MR) is 99.1 cm³/mol. The quantitative estimate of drug-likeness (QED) is 0.496. The number of rotatable bonds is 9. The number of hydrogen-bond donors (Lipinski definition) is 2. The summed E-state index contributed by atoms with van der Waals surface area (Å²) in [5.74, 6) is 0.464. The molecule has 5 nitrogen and oxygen atoms in total. The fourth-order valence-corrected chi connectivity index (χ4v) is 3.81. The number of carbonyl (C=O) groups excluding carboxylic acids is 2. The van der Waals surface area contributed by atoms with Gasteiger partial charge in [0.05, 0.1) is 0 Å². The summed E-state index contributed by atoms with van der Waals surface area (Å²) >= 11 is 0. The molecule has 0 aromatic rings. The van der Waals surface area contributed by atoms with Gasteiger partial charge in [-0.3, -0.25) is 9.59 Å². The van der Waals surface area contributed by atoms with Crippen molar-refractivity contribution < 1.29 is 14.3 Å². The summed E-state index contributed by atoms with van der Waals surface area (Å²) in [6.07, 6.45) is 12.4. The van der Waals surface area contributed by atoms with E-state index in [2.05, 4.69) is 16.7 Å². The third-order valence-electron chi connectivity index (χ3n) is 5.42. The highest BCUT2D eigenvalue weighted by atomic mass is 16.5. The van der Waals surface area contributed by atoms with E-state index in [1.807, 2.05) is 0 Å². The Bertz CT molecular complexity index is 454. The number of amides is 2. The molecule has 5 heteroatoms. The van der Waals surface area contributed by atoms with Crippen LogP contribution in [0.2, 0.25) is 0 Å². The Labute approximate surface area is 152 Å². The van der Waals surface area contributed by atoms with E-state index in [-0.39, 0.29) is 23.7 Å². The van der Waals surface area contributed by atoms with Crippen molar-refractivity contribution in [3.05, 3.63) is 11.6 Å². The zero-order valence-electron chi connectivity index (χ0n) is 15.6. The third-order valence-corrected chi connectivity index (χ3v) is 5.42. The SMILES string of the molecule is COCCCNC(=O)C1CCC(C(=O)NCCC2=CCCCC2)CC1. The third kappa shape index (κ3) is 7.18. The van der Waals surface area contributed by atoms with Gasteiger partial charge in [0.1, 0.15) is 0 Å². The van der Waals surface area contributed by atoms with Crippen molar-refractivity contribution in [1.82, 2.24) is 10.6 Å². The average molecular weight is 351 g/mol. The molecule has 0 heterocycles. The Kier molecular flexibility index (Phi) is 9.02. The van der Waals surface area contributed by atoms with E-state index < -0.39 is 0 Å². The maximum absolute atomic E-state index is 12.3. The van der Waals surface area contributed by atoms with Gasteiger partial charge in [0.25, 0.3) is 0 Å². The molecular formula is C20H34N2O3. The molecule has 142 valence electrons. The predicted octanol–water partition coefficient (Wildman–Crippen LogP) is 2.95. The van der Waals surface area contributed by atoms with Crippen molar-refractivity contribution in [3.63, 3.8) is 0 Å². The van der Waals surface area contributed by atoms with Crippen molar-refractivity contribution in [2.24, 2.45) is 11.8 Å². The molecule has 2 rings (SSSR count). The van der Waals surface area contributed by atoms with Crippen LogP contribution in [0.25, 0.3) is 0 Å². The van der Waals surface area contributed by atoms with Gasteiger partial charge in [0, 0.05) is 38.6 Å². The van der Waals surface area contributed by atoms with Crippen molar-refractivity contribution in [2.75, 3.05) is 26.8 Å². The normalized spacial score (nSPS) is 23.6. The lowest BCUT2D eigenvalue weighted by molar-refractivity contribution is -0.130. The van der Waals surface area contributed by atoms with Gasteiger partial charge in [-0.2, -0.15) is 0 Å². The molecule has 25 heavy (non-hydrogen) atoms. The summed E-state index contributed by atoms with van der Waals surface area (Å²) < 4.78 is 4.98. The molecule has 0 unspecified atom stereocenters. The summed E-state index contributed by atoms with van der Waals surface area (Å²) in [6.45, 7) is 2.09. The van der Waals surface area contributed by atoms with Crippen LogP contribution in [0.3, 0.4) is 0 Å². The molecule has 1 fully saturated rings. The molecular weight excluding hydrogens is 316 g/mol. The van der Waals surface area contributed by atoms with Crippen LogP contribution in [0, 0.1) is 11.8 Å².